The second-order valence-corrected chi connectivity index (χ2v) is 3.99. The van der Waals surface area contributed by atoms with E-state index >= 15 is 0 Å². The van der Waals surface area contributed by atoms with Crippen molar-refractivity contribution in [1.29, 1.82) is 0 Å². The summed E-state index contributed by atoms with van der Waals surface area (Å²) in [5, 5.41) is 0. The number of hydrogen-bond donors (Lipinski definition) is 1. The second-order valence-electron chi connectivity index (χ2n) is 3.99. The summed E-state index contributed by atoms with van der Waals surface area (Å²) in [5.74, 6) is 0. The number of rotatable bonds is 3. The van der Waals surface area contributed by atoms with Crippen LogP contribution in [0.15, 0.2) is 36.9 Å². The van der Waals surface area contributed by atoms with Gasteiger partial charge in [-0.25, -0.2) is 0 Å². The first-order valence-corrected chi connectivity index (χ1v) is 4.85. The fourth-order valence-corrected chi connectivity index (χ4v) is 1.46. The molecule has 0 aliphatic heterocycles. The molecule has 0 fully saturated rings. The molecule has 0 aliphatic rings. The zero-order chi connectivity index (χ0) is 12.4. The molecule has 0 saturated heterocycles. The summed E-state index contributed by atoms with van der Waals surface area (Å²) in [6.07, 6.45) is -2.14. The van der Waals surface area contributed by atoms with E-state index < -0.39 is 17.3 Å². The third-order valence-corrected chi connectivity index (χ3v) is 2.44. The number of nitrogens with two attached hydrogens (primary N) is 1. The Morgan fingerprint density at radius 3 is 2.00 bits per heavy atom. The summed E-state index contributed by atoms with van der Waals surface area (Å²) >= 11 is 0. The molecule has 1 aromatic rings. The van der Waals surface area contributed by atoms with Crippen LogP contribution in [0.5, 0.6) is 0 Å². The first-order valence-electron chi connectivity index (χ1n) is 4.85. The predicted octanol–water partition coefficient (Wildman–Crippen LogP) is 3.46. The molecule has 0 radical (unpaired) electrons. The zero-order valence-corrected chi connectivity index (χ0v) is 9.01. The van der Waals surface area contributed by atoms with Crippen LogP contribution in [0.25, 0.3) is 0 Å². The molecule has 4 heteroatoms. The van der Waals surface area contributed by atoms with Crippen LogP contribution < -0.4 is 5.73 Å². The molecule has 0 spiro atoms. The van der Waals surface area contributed by atoms with Crippen molar-refractivity contribution in [3.63, 3.8) is 0 Å². The van der Waals surface area contributed by atoms with E-state index in [1.54, 1.807) is 13.0 Å². The average Bonchev–Trinajstić information content (AvgIpc) is 2.16. The van der Waals surface area contributed by atoms with Gasteiger partial charge in [0.25, 0.3) is 0 Å². The lowest BCUT2D eigenvalue weighted by molar-refractivity contribution is -0.137. The van der Waals surface area contributed by atoms with Crippen molar-refractivity contribution in [2.45, 2.75) is 25.1 Å². The first kappa shape index (κ1) is 12.8. The van der Waals surface area contributed by atoms with Gasteiger partial charge in [0.2, 0.25) is 0 Å². The van der Waals surface area contributed by atoms with Crippen molar-refractivity contribution in [2.75, 3.05) is 0 Å². The van der Waals surface area contributed by atoms with E-state index in [1.807, 2.05) is 0 Å². The quantitative estimate of drug-likeness (QED) is 0.789. The van der Waals surface area contributed by atoms with E-state index in [4.69, 9.17) is 5.73 Å². The van der Waals surface area contributed by atoms with Crippen LogP contribution in [0.3, 0.4) is 0 Å². The van der Waals surface area contributed by atoms with Crippen molar-refractivity contribution < 1.29 is 13.2 Å². The van der Waals surface area contributed by atoms with Gasteiger partial charge in [-0.2, -0.15) is 13.2 Å². The van der Waals surface area contributed by atoms with Gasteiger partial charge in [0.1, 0.15) is 0 Å². The Morgan fingerprint density at radius 2 is 1.62 bits per heavy atom. The van der Waals surface area contributed by atoms with Crippen LogP contribution in [0, 0.1) is 0 Å². The molecular formula is C12H14F3N. The highest BCUT2D eigenvalue weighted by Crippen LogP contribution is 2.31. The molecule has 88 valence electrons. The number of hydrogen-bond acceptors (Lipinski definition) is 1. The Balaban J connectivity index is 2.99. The van der Waals surface area contributed by atoms with E-state index in [0.717, 1.165) is 12.1 Å². The van der Waals surface area contributed by atoms with Crippen LogP contribution in [-0.4, -0.2) is 0 Å². The minimum absolute atomic E-state index is 0.512. The maximum absolute atomic E-state index is 12.3. The van der Waals surface area contributed by atoms with Gasteiger partial charge in [0.05, 0.1) is 5.56 Å². The zero-order valence-electron chi connectivity index (χ0n) is 9.01. The Morgan fingerprint density at radius 1 is 1.19 bits per heavy atom. The summed E-state index contributed by atoms with van der Waals surface area (Å²) in [5.41, 5.74) is 5.29. The summed E-state index contributed by atoms with van der Waals surface area (Å²) in [4.78, 5) is 0. The molecule has 16 heavy (non-hydrogen) atoms. The lowest BCUT2D eigenvalue weighted by atomic mass is 9.89. The largest absolute Gasteiger partial charge is 0.416 e. The monoisotopic (exact) mass is 229 g/mol. The SMILES string of the molecule is C=CCC(C)(N)c1ccc(C(F)(F)F)cc1. The van der Waals surface area contributed by atoms with Crippen molar-refractivity contribution in [3.8, 4) is 0 Å². The number of halogens is 3. The van der Waals surface area contributed by atoms with E-state index in [0.29, 0.717) is 12.0 Å². The van der Waals surface area contributed by atoms with Gasteiger partial charge < -0.3 is 5.73 Å². The lowest BCUT2D eigenvalue weighted by Crippen LogP contribution is -2.32. The van der Waals surface area contributed by atoms with E-state index in [2.05, 4.69) is 6.58 Å². The van der Waals surface area contributed by atoms with Crippen molar-refractivity contribution in [3.05, 3.63) is 48.0 Å². The van der Waals surface area contributed by atoms with Crippen molar-refractivity contribution in [2.24, 2.45) is 5.73 Å². The Kier molecular flexibility index (Phi) is 3.43. The third kappa shape index (κ3) is 2.85. The van der Waals surface area contributed by atoms with Gasteiger partial charge in [-0.1, -0.05) is 18.2 Å². The summed E-state index contributed by atoms with van der Waals surface area (Å²) < 4.78 is 37.0. The highest BCUT2D eigenvalue weighted by atomic mass is 19.4. The predicted molar refractivity (Wildman–Crippen MR) is 57.8 cm³/mol. The fraction of sp³-hybridized carbons (Fsp3) is 0.333. The molecule has 0 saturated carbocycles. The van der Waals surface area contributed by atoms with Crippen molar-refractivity contribution in [1.82, 2.24) is 0 Å². The lowest BCUT2D eigenvalue weighted by Gasteiger charge is -2.24. The van der Waals surface area contributed by atoms with E-state index in [-0.39, 0.29) is 0 Å². The van der Waals surface area contributed by atoms with Crippen LogP contribution in [-0.2, 0) is 11.7 Å². The molecule has 1 nitrogen and oxygen atoms in total. The average molecular weight is 229 g/mol. The minimum atomic E-state index is -4.30. The molecule has 0 amide bonds. The summed E-state index contributed by atoms with van der Waals surface area (Å²) in [7, 11) is 0. The Hall–Kier alpha value is -1.29. The fourth-order valence-electron chi connectivity index (χ4n) is 1.46. The second kappa shape index (κ2) is 4.29. The molecular weight excluding hydrogens is 215 g/mol. The van der Waals surface area contributed by atoms with Gasteiger partial charge in [-0.05, 0) is 31.0 Å². The van der Waals surface area contributed by atoms with E-state index in [1.165, 1.54) is 12.1 Å². The van der Waals surface area contributed by atoms with Crippen LogP contribution in [0.1, 0.15) is 24.5 Å². The van der Waals surface area contributed by atoms with Gasteiger partial charge in [0.15, 0.2) is 0 Å². The topological polar surface area (TPSA) is 26.0 Å². The van der Waals surface area contributed by atoms with Gasteiger partial charge in [-0.15, -0.1) is 6.58 Å². The van der Waals surface area contributed by atoms with Crippen LogP contribution >= 0.6 is 0 Å². The standard InChI is InChI=1S/C12H14F3N/c1-3-8-11(2,16)9-4-6-10(7-5-9)12(13,14)15/h3-7H,1,8,16H2,2H3. The maximum atomic E-state index is 12.3. The van der Waals surface area contributed by atoms with Gasteiger partial charge in [0, 0.05) is 5.54 Å². The van der Waals surface area contributed by atoms with Gasteiger partial charge >= 0.3 is 6.18 Å². The third-order valence-electron chi connectivity index (χ3n) is 2.44. The minimum Gasteiger partial charge on any atom is -0.321 e. The highest BCUT2D eigenvalue weighted by Gasteiger charge is 2.30. The maximum Gasteiger partial charge on any atom is 0.416 e. The smallest absolute Gasteiger partial charge is 0.321 e. The molecule has 1 rings (SSSR count). The van der Waals surface area contributed by atoms with Crippen LogP contribution in [0.4, 0.5) is 13.2 Å². The molecule has 0 aliphatic carbocycles. The molecule has 1 aromatic carbocycles. The van der Waals surface area contributed by atoms with Crippen molar-refractivity contribution >= 4 is 0 Å². The Labute approximate surface area is 92.8 Å². The number of alkyl halides is 3. The van der Waals surface area contributed by atoms with Crippen LogP contribution in [0.2, 0.25) is 0 Å². The molecule has 2 N–H and O–H groups in total. The summed E-state index contributed by atoms with van der Waals surface area (Å²) in [6, 6.07) is 4.91. The van der Waals surface area contributed by atoms with Gasteiger partial charge in [-0.3, -0.25) is 0 Å². The summed E-state index contributed by atoms with van der Waals surface area (Å²) in [6.45, 7) is 5.33. The molecule has 0 heterocycles. The molecule has 0 aromatic heterocycles. The number of benzene rings is 1. The first-order chi connectivity index (χ1) is 7.27. The Bertz CT molecular complexity index is 363. The normalized spacial score (nSPS) is 15.6. The van der Waals surface area contributed by atoms with E-state index in [9.17, 15) is 13.2 Å². The molecule has 1 atom stereocenters. The molecule has 0 bridgehead atoms. The molecule has 1 unspecified atom stereocenters. The highest BCUT2D eigenvalue weighted by molar-refractivity contribution is 5.29.